The van der Waals surface area contributed by atoms with Gasteiger partial charge in [-0.2, -0.15) is 0 Å². The molecule has 0 N–H and O–H groups in total. The number of ether oxygens (including phenoxy) is 1. The van der Waals surface area contributed by atoms with Crippen molar-refractivity contribution in [2.45, 2.75) is 64.9 Å². The maximum absolute atomic E-state index is 13.2. The highest BCUT2D eigenvalue weighted by Gasteiger charge is 2.67. The van der Waals surface area contributed by atoms with Crippen molar-refractivity contribution < 1.29 is 19.1 Å². The third-order valence-corrected chi connectivity index (χ3v) is 10.3. The fraction of sp³-hybridized carbons (Fsp3) is 0.536. The van der Waals surface area contributed by atoms with Crippen molar-refractivity contribution >= 4 is 40.1 Å². The molecule has 0 spiro atoms. The number of fused-ring (bicyclic) bond motifs is 5. The lowest BCUT2D eigenvalue weighted by atomic mass is 9.48. The van der Waals surface area contributed by atoms with Crippen LogP contribution in [0.15, 0.2) is 48.1 Å². The van der Waals surface area contributed by atoms with Crippen molar-refractivity contribution in [1.82, 2.24) is 0 Å². The van der Waals surface area contributed by atoms with Gasteiger partial charge in [0.05, 0.1) is 5.56 Å². The Labute approximate surface area is 209 Å². The minimum Gasteiger partial charge on any atom is -0.447 e. The van der Waals surface area contributed by atoms with Gasteiger partial charge in [0.15, 0.2) is 17.2 Å². The zero-order valence-corrected chi connectivity index (χ0v) is 21.7. The normalized spacial score (nSPS) is 39.2. The van der Waals surface area contributed by atoms with Gasteiger partial charge in [-0.05, 0) is 121 Å². The van der Waals surface area contributed by atoms with Gasteiger partial charge < -0.3 is 4.74 Å². The summed E-state index contributed by atoms with van der Waals surface area (Å²) in [5, 5.41) is 0. The molecule has 4 aliphatic carbocycles. The van der Waals surface area contributed by atoms with E-state index in [1.165, 1.54) is 5.57 Å². The van der Waals surface area contributed by atoms with Crippen LogP contribution in [0.4, 0.5) is 0 Å². The summed E-state index contributed by atoms with van der Waals surface area (Å²) in [6.45, 7) is 6.08. The van der Waals surface area contributed by atoms with Crippen molar-refractivity contribution in [1.29, 1.82) is 0 Å². The van der Waals surface area contributed by atoms with Crippen LogP contribution in [-0.2, 0) is 14.3 Å². The van der Waals surface area contributed by atoms with E-state index in [4.69, 9.17) is 4.74 Å². The smallest absolute Gasteiger partial charge is 0.339 e. The Bertz CT molecular complexity index is 1090. The number of ketones is 2. The largest absolute Gasteiger partial charge is 0.447 e. The van der Waals surface area contributed by atoms with Crippen LogP contribution in [-0.4, -0.2) is 23.1 Å². The van der Waals surface area contributed by atoms with E-state index in [9.17, 15) is 14.4 Å². The van der Waals surface area contributed by atoms with E-state index in [2.05, 4.69) is 48.6 Å². The van der Waals surface area contributed by atoms with Crippen LogP contribution in [0, 0.1) is 32.2 Å². The van der Waals surface area contributed by atoms with E-state index in [0.29, 0.717) is 30.2 Å². The Hall–Kier alpha value is -1.76. The molecule has 0 unspecified atom stereocenters. The Morgan fingerprint density at radius 2 is 1.73 bits per heavy atom. The molecule has 0 heterocycles. The van der Waals surface area contributed by atoms with Crippen LogP contribution in [0.5, 0.6) is 0 Å². The van der Waals surface area contributed by atoms with Crippen LogP contribution < -0.4 is 0 Å². The lowest BCUT2D eigenvalue weighted by molar-refractivity contribution is -0.158. The zero-order valence-electron chi connectivity index (χ0n) is 19.5. The van der Waals surface area contributed by atoms with Crippen molar-refractivity contribution in [3.8, 4) is 0 Å². The van der Waals surface area contributed by atoms with E-state index < -0.39 is 17.0 Å². The van der Waals surface area contributed by atoms with E-state index in [1.54, 1.807) is 19.1 Å². The van der Waals surface area contributed by atoms with Gasteiger partial charge in [0, 0.05) is 15.4 Å². The minimum atomic E-state index is -1.09. The number of hydrogen-bond donors (Lipinski definition) is 0. The number of halogens is 1. The first-order chi connectivity index (χ1) is 15.6. The predicted molar refractivity (Wildman–Crippen MR) is 135 cm³/mol. The Balaban J connectivity index is 1.49. The molecule has 0 saturated heterocycles. The number of allylic oxidation sites excluding steroid dienone is 4. The Morgan fingerprint density at radius 1 is 1.03 bits per heavy atom. The maximum atomic E-state index is 13.2. The van der Waals surface area contributed by atoms with Crippen LogP contribution in [0.1, 0.15) is 69.7 Å². The summed E-state index contributed by atoms with van der Waals surface area (Å²) >= 11 is 2.21. The molecule has 2 fully saturated rings. The number of carbonyl (C=O) groups excluding carboxylic acids is 3. The summed E-state index contributed by atoms with van der Waals surface area (Å²) < 4.78 is 7.26. The monoisotopic (exact) mass is 558 g/mol. The molecule has 4 aliphatic rings. The van der Waals surface area contributed by atoms with Gasteiger partial charge in [-0.1, -0.05) is 26.0 Å². The third kappa shape index (κ3) is 3.32. The zero-order chi connectivity index (χ0) is 23.6. The molecule has 0 radical (unpaired) electrons. The molecular formula is C28H31IO4. The Kier molecular flexibility index (Phi) is 5.50. The number of Topliss-reactive ketones (excluding diaryl/α,β-unsaturated/α-hetero) is 1. The highest BCUT2D eigenvalue weighted by Crippen LogP contribution is 2.67. The van der Waals surface area contributed by atoms with E-state index in [-0.39, 0.29) is 22.9 Å². The molecule has 33 heavy (non-hydrogen) atoms. The summed E-state index contributed by atoms with van der Waals surface area (Å²) in [5.74, 6) is 0.835. The van der Waals surface area contributed by atoms with Gasteiger partial charge in [-0.15, -0.1) is 0 Å². The van der Waals surface area contributed by atoms with E-state index in [0.717, 1.165) is 29.3 Å². The molecule has 0 aromatic heterocycles. The average molecular weight is 558 g/mol. The van der Waals surface area contributed by atoms with E-state index in [1.807, 2.05) is 18.2 Å². The average Bonchev–Trinajstić information content (AvgIpc) is 3.08. The molecule has 4 nitrogen and oxygen atoms in total. The second-order valence-electron chi connectivity index (χ2n) is 10.9. The van der Waals surface area contributed by atoms with Gasteiger partial charge in [-0.3, -0.25) is 9.59 Å². The fourth-order valence-electron chi connectivity index (χ4n) is 7.62. The number of hydrogen-bond acceptors (Lipinski definition) is 4. The molecule has 0 aliphatic heterocycles. The predicted octanol–water partition coefficient (Wildman–Crippen LogP) is 6.08. The van der Waals surface area contributed by atoms with Crippen molar-refractivity contribution in [2.24, 2.45) is 28.6 Å². The van der Waals surface area contributed by atoms with Crippen molar-refractivity contribution in [3.05, 3.63) is 57.2 Å². The van der Waals surface area contributed by atoms with Gasteiger partial charge in [0.2, 0.25) is 0 Å². The number of rotatable bonds is 3. The number of carbonyl (C=O) groups is 3. The molecule has 2 saturated carbocycles. The molecule has 5 heteroatoms. The van der Waals surface area contributed by atoms with Gasteiger partial charge in [0.1, 0.15) is 0 Å². The minimum absolute atomic E-state index is 0.00793. The lowest BCUT2D eigenvalue weighted by Crippen LogP contribution is -2.58. The fourth-order valence-corrected chi connectivity index (χ4v) is 7.98. The quantitative estimate of drug-likeness (QED) is 0.333. The van der Waals surface area contributed by atoms with Gasteiger partial charge >= 0.3 is 5.97 Å². The molecular weight excluding hydrogens is 527 g/mol. The molecule has 1 aromatic rings. The van der Waals surface area contributed by atoms with Gasteiger partial charge in [0.25, 0.3) is 0 Å². The SMILES string of the molecule is CC(=O)[C@@]1(OC(=O)c2ccc(I)cc2)CC[C@H]2[C@@H]3C=CC4=CC(=O)CC[C@]4(C)[C@H]3CC[C@@]21C. The van der Waals surface area contributed by atoms with Crippen molar-refractivity contribution in [3.63, 3.8) is 0 Å². The molecule has 174 valence electrons. The summed E-state index contributed by atoms with van der Waals surface area (Å²) in [6, 6.07) is 7.31. The standard InChI is InChI=1S/C28H31IO4/c1-17(30)28(33-25(32)18-4-7-20(29)8-5-18)15-12-24-22-9-6-19-16-21(31)10-13-26(19,2)23(22)11-14-27(24,28)3/h4-9,16,22-24H,10-15H2,1-3H3/t22-,23+,24+,26+,27+,28+/m1/s1. The molecule has 5 rings (SSSR count). The second kappa shape index (κ2) is 7.89. The van der Waals surface area contributed by atoms with Gasteiger partial charge in [-0.25, -0.2) is 4.79 Å². The topological polar surface area (TPSA) is 60.4 Å². The Morgan fingerprint density at radius 3 is 2.42 bits per heavy atom. The molecule has 0 amide bonds. The maximum Gasteiger partial charge on any atom is 0.339 e. The van der Waals surface area contributed by atoms with Crippen molar-refractivity contribution in [2.75, 3.05) is 0 Å². The third-order valence-electron chi connectivity index (χ3n) is 9.55. The van der Waals surface area contributed by atoms with Crippen LogP contribution in [0.2, 0.25) is 0 Å². The van der Waals surface area contributed by atoms with Crippen LogP contribution >= 0.6 is 22.6 Å². The summed E-state index contributed by atoms with van der Waals surface area (Å²) in [4.78, 5) is 38.4. The lowest BCUT2D eigenvalue weighted by Gasteiger charge is -2.57. The summed E-state index contributed by atoms with van der Waals surface area (Å²) in [6.07, 6.45) is 11.1. The molecule has 6 atom stereocenters. The first-order valence-corrected chi connectivity index (χ1v) is 13.1. The van der Waals surface area contributed by atoms with E-state index >= 15 is 0 Å². The highest BCUT2D eigenvalue weighted by atomic mass is 127. The highest BCUT2D eigenvalue weighted by molar-refractivity contribution is 14.1. The first-order valence-electron chi connectivity index (χ1n) is 12.0. The summed E-state index contributed by atoms with van der Waals surface area (Å²) in [7, 11) is 0. The van der Waals surface area contributed by atoms with Crippen LogP contribution in [0.25, 0.3) is 0 Å². The molecule has 1 aromatic carbocycles. The summed E-state index contributed by atoms with van der Waals surface area (Å²) in [5.41, 5.74) is 0.183. The molecule has 0 bridgehead atoms. The first kappa shape index (κ1) is 23.0. The number of esters is 1. The van der Waals surface area contributed by atoms with Crippen LogP contribution in [0.3, 0.4) is 0 Å². The second-order valence-corrected chi connectivity index (χ2v) is 12.2. The number of benzene rings is 1.